The zero-order valence-corrected chi connectivity index (χ0v) is 12.3. The van der Waals surface area contributed by atoms with Crippen molar-refractivity contribution in [1.82, 2.24) is 15.1 Å². The van der Waals surface area contributed by atoms with Crippen molar-refractivity contribution in [3.8, 4) is 0 Å². The predicted molar refractivity (Wildman–Crippen MR) is 77.2 cm³/mol. The molecule has 1 aromatic rings. The quantitative estimate of drug-likeness (QED) is 0.821. The van der Waals surface area contributed by atoms with E-state index in [1.54, 1.807) is 24.1 Å². The molecule has 0 spiro atoms. The highest BCUT2D eigenvalue weighted by atomic mass is 16.2. The van der Waals surface area contributed by atoms with Gasteiger partial charge in [-0.05, 0) is 24.5 Å². The van der Waals surface area contributed by atoms with Crippen LogP contribution in [0.5, 0.6) is 0 Å². The first-order valence-corrected chi connectivity index (χ1v) is 6.91. The number of anilines is 1. The monoisotopic (exact) mass is 264 g/mol. The van der Waals surface area contributed by atoms with Crippen LogP contribution in [0.1, 0.15) is 44.1 Å². The smallest absolute Gasteiger partial charge is 0.274 e. The Labute approximate surface area is 115 Å². The van der Waals surface area contributed by atoms with Crippen LogP contribution in [0.15, 0.2) is 12.1 Å². The van der Waals surface area contributed by atoms with Gasteiger partial charge in [0.2, 0.25) is 0 Å². The lowest BCUT2D eigenvalue weighted by atomic mass is 10.1. The minimum absolute atomic E-state index is 0.0742. The number of hydrogen-bond acceptors (Lipinski definition) is 4. The van der Waals surface area contributed by atoms with Gasteiger partial charge in [-0.25, -0.2) is 0 Å². The summed E-state index contributed by atoms with van der Waals surface area (Å²) in [6.07, 6.45) is 2.09. The van der Waals surface area contributed by atoms with Crippen LogP contribution in [-0.2, 0) is 0 Å². The van der Waals surface area contributed by atoms with Crippen molar-refractivity contribution in [3.05, 3.63) is 17.8 Å². The maximum absolute atomic E-state index is 12.1. The summed E-state index contributed by atoms with van der Waals surface area (Å²) in [5.74, 6) is 1.13. The molecule has 5 nitrogen and oxygen atoms in total. The van der Waals surface area contributed by atoms with Gasteiger partial charge < -0.3 is 10.2 Å². The Kier molecular flexibility index (Phi) is 6.25. The topological polar surface area (TPSA) is 58.1 Å². The van der Waals surface area contributed by atoms with Gasteiger partial charge >= 0.3 is 0 Å². The summed E-state index contributed by atoms with van der Waals surface area (Å²) in [6, 6.07) is 3.52. The molecule has 0 bridgehead atoms. The van der Waals surface area contributed by atoms with Crippen LogP contribution < -0.4 is 5.32 Å². The fourth-order valence-corrected chi connectivity index (χ4v) is 1.67. The number of aromatic nitrogens is 2. The molecule has 106 valence electrons. The van der Waals surface area contributed by atoms with Crippen molar-refractivity contribution in [2.24, 2.45) is 5.92 Å². The molecule has 0 aliphatic rings. The highest BCUT2D eigenvalue weighted by Gasteiger charge is 2.15. The summed E-state index contributed by atoms with van der Waals surface area (Å²) in [7, 11) is 1.80. The first-order valence-electron chi connectivity index (χ1n) is 6.91. The molecule has 1 N–H and O–H groups in total. The molecule has 5 heteroatoms. The molecular formula is C14H24N4O. The third-order valence-corrected chi connectivity index (χ3v) is 3.07. The third-order valence-electron chi connectivity index (χ3n) is 3.07. The van der Waals surface area contributed by atoms with Gasteiger partial charge in [0, 0.05) is 20.1 Å². The van der Waals surface area contributed by atoms with Crippen molar-refractivity contribution in [1.29, 1.82) is 0 Å². The Hall–Kier alpha value is -1.65. The second-order valence-electron chi connectivity index (χ2n) is 4.93. The third kappa shape index (κ3) is 4.85. The molecule has 0 aliphatic heterocycles. The number of nitrogens with zero attached hydrogens (tertiary/aromatic N) is 3. The normalized spacial score (nSPS) is 12.0. The van der Waals surface area contributed by atoms with Crippen LogP contribution in [0.3, 0.4) is 0 Å². The summed E-state index contributed by atoms with van der Waals surface area (Å²) in [6.45, 7) is 7.94. The average Bonchev–Trinajstić information content (AvgIpc) is 2.44. The Morgan fingerprint density at radius 2 is 2.11 bits per heavy atom. The molecule has 1 atom stereocenters. The van der Waals surface area contributed by atoms with Gasteiger partial charge in [0.05, 0.1) is 0 Å². The predicted octanol–water partition coefficient (Wildman–Crippen LogP) is 2.42. The molecule has 0 aliphatic carbocycles. The summed E-state index contributed by atoms with van der Waals surface area (Å²) >= 11 is 0. The first kappa shape index (κ1) is 15.4. The molecule has 19 heavy (non-hydrogen) atoms. The fourth-order valence-electron chi connectivity index (χ4n) is 1.67. The lowest BCUT2D eigenvalue weighted by Gasteiger charge is -2.20. The molecule has 0 radical (unpaired) electrons. The van der Waals surface area contributed by atoms with E-state index in [1.807, 2.05) is 0 Å². The minimum atomic E-state index is -0.0742. The van der Waals surface area contributed by atoms with E-state index in [2.05, 4.69) is 36.3 Å². The second kappa shape index (κ2) is 7.71. The number of carbonyl (C=O) groups is 1. The van der Waals surface area contributed by atoms with E-state index in [0.717, 1.165) is 25.9 Å². The lowest BCUT2D eigenvalue weighted by Crippen LogP contribution is -2.31. The summed E-state index contributed by atoms with van der Waals surface area (Å²) in [4.78, 5) is 13.8. The number of carbonyl (C=O) groups excluding carboxylic acids is 1. The van der Waals surface area contributed by atoms with E-state index < -0.39 is 0 Å². The summed E-state index contributed by atoms with van der Waals surface area (Å²) in [5, 5.41) is 11.1. The molecule has 0 saturated carbocycles. The molecule has 1 aromatic heterocycles. The van der Waals surface area contributed by atoms with E-state index in [-0.39, 0.29) is 5.91 Å². The summed E-state index contributed by atoms with van der Waals surface area (Å²) < 4.78 is 0. The Morgan fingerprint density at radius 1 is 1.37 bits per heavy atom. The fraction of sp³-hybridized carbons (Fsp3) is 0.643. The van der Waals surface area contributed by atoms with Crippen molar-refractivity contribution in [3.63, 3.8) is 0 Å². The number of hydrogen-bond donors (Lipinski definition) is 1. The van der Waals surface area contributed by atoms with Gasteiger partial charge in [-0.1, -0.05) is 27.2 Å². The van der Waals surface area contributed by atoms with Crippen LogP contribution in [0.4, 0.5) is 5.82 Å². The highest BCUT2D eigenvalue weighted by Crippen LogP contribution is 2.08. The molecule has 0 saturated heterocycles. The first-order chi connectivity index (χ1) is 9.08. The number of nitrogens with one attached hydrogen (secondary N) is 1. The van der Waals surface area contributed by atoms with Crippen LogP contribution in [0.2, 0.25) is 0 Å². The standard InChI is InChI=1S/C14H24N4O/c1-5-9-15-13-8-7-12(16-17-13)14(19)18(4)10-11(3)6-2/h7-8,11H,5-6,9-10H2,1-4H3,(H,15,17). The van der Waals surface area contributed by atoms with Gasteiger partial charge in [0.1, 0.15) is 5.82 Å². The van der Waals surface area contributed by atoms with Crippen molar-refractivity contribution >= 4 is 11.7 Å². The molecule has 1 amide bonds. The van der Waals surface area contributed by atoms with E-state index >= 15 is 0 Å². The highest BCUT2D eigenvalue weighted by molar-refractivity contribution is 5.92. The van der Waals surface area contributed by atoms with E-state index in [9.17, 15) is 4.79 Å². The van der Waals surface area contributed by atoms with Crippen molar-refractivity contribution < 1.29 is 4.79 Å². The van der Waals surface area contributed by atoms with Gasteiger partial charge in [-0.2, -0.15) is 0 Å². The Balaban J connectivity index is 2.61. The maximum Gasteiger partial charge on any atom is 0.274 e. The molecule has 0 aromatic carbocycles. The van der Waals surface area contributed by atoms with E-state index in [1.165, 1.54) is 0 Å². The summed E-state index contributed by atoms with van der Waals surface area (Å²) in [5.41, 5.74) is 0.396. The lowest BCUT2D eigenvalue weighted by molar-refractivity contribution is 0.0768. The van der Waals surface area contributed by atoms with Crippen LogP contribution in [0.25, 0.3) is 0 Å². The van der Waals surface area contributed by atoms with Crippen LogP contribution in [-0.4, -0.2) is 41.1 Å². The van der Waals surface area contributed by atoms with Gasteiger partial charge in [-0.15, -0.1) is 10.2 Å². The van der Waals surface area contributed by atoms with Crippen LogP contribution >= 0.6 is 0 Å². The molecule has 0 fully saturated rings. The van der Waals surface area contributed by atoms with E-state index in [0.29, 0.717) is 17.4 Å². The molecular weight excluding hydrogens is 240 g/mol. The second-order valence-corrected chi connectivity index (χ2v) is 4.93. The Bertz CT molecular complexity index is 391. The van der Waals surface area contributed by atoms with Crippen molar-refractivity contribution in [2.75, 3.05) is 25.5 Å². The van der Waals surface area contributed by atoms with Gasteiger partial charge in [0.15, 0.2) is 5.69 Å². The molecule has 1 heterocycles. The number of amides is 1. The zero-order valence-electron chi connectivity index (χ0n) is 12.3. The van der Waals surface area contributed by atoms with E-state index in [4.69, 9.17) is 0 Å². The largest absolute Gasteiger partial charge is 0.369 e. The SMILES string of the molecule is CCCNc1ccc(C(=O)N(C)CC(C)CC)nn1. The Morgan fingerprint density at radius 3 is 2.63 bits per heavy atom. The van der Waals surface area contributed by atoms with Crippen molar-refractivity contribution in [2.45, 2.75) is 33.6 Å². The van der Waals surface area contributed by atoms with Gasteiger partial charge in [0.25, 0.3) is 5.91 Å². The molecule has 1 rings (SSSR count). The van der Waals surface area contributed by atoms with Crippen LogP contribution in [0, 0.1) is 5.92 Å². The van der Waals surface area contributed by atoms with Gasteiger partial charge in [-0.3, -0.25) is 4.79 Å². The maximum atomic E-state index is 12.1. The molecule has 1 unspecified atom stereocenters. The minimum Gasteiger partial charge on any atom is -0.369 e. The number of rotatable bonds is 7. The zero-order chi connectivity index (χ0) is 14.3. The average molecular weight is 264 g/mol.